The van der Waals surface area contributed by atoms with Crippen molar-refractivity contribution in [3.05, 3.63) is 102 Å². The first kappa shape index (κ1) is 21.3. The Kier molecular flexibility index (Phi) is 5.99. The van der Waals surface area contributed by atoms with Crippen LogP contribution >= 0.6 is 0 Å². The van der Waals surface area contributed by atoms with Gasteiger partial charge in [-0.05, 0) is 90.0 Å². The van der Waals surface area contributed by atoms with Crippen molar-refractivity contribution < 1.29 is 9.47 Å². The van der Waals surface area contributed by atoms with Crippen molar-refractivity contribution in [2.75, 3.05) is 14.2 Å². The molecule has 0 unspecified atom stereocenters. The van der Waals surface area contributed by atoms with Gasteiger partial charge in [-0.25, -0.2) is 4.98 Å². The fraction of sp³-hybridized carbons (Fsp3) is 0.0690. The van der Waals surface area contributed by atoms with Crippen LogP contribution in [0, 0.1) is 0 Å². The highest BCUT2D eigenvalue weighted by Gasteiger charge is 2.03. The summed E-state index contributed by atoms with van der Waals surface area (Å²) in [7, 11) is 3.32. The highest BCUT2D eigenvalue weighted by Crippen LogP contribution is 2.26. The van der Waals surface area contributed by atoms with Crippen molar-refractivity contribution >= 4 is 45.6 Å². The van der Waals surface area contributed by atoms with Crippen LogP contribution in [-0.2, 0) is 0 Å². The summed E-state index contributed by atoms with van der Waals surface area (Å²) in [5.74, 6) is 1.65. The number of methoxy groups -OCH3 is 2. The van der Waals surface area contributed by atoms with E-state index < -0.39 is 0 Å². The molecule has 0 bridgehead atoms. The minimum atomic E-state index is 0.826. The van der Waals surface area contributed by atoms with E-state index in [9.17, 15) is 0 Å². The van der Waals surface area contributed by atoms with Gasteiger partial charge in [0.25, 0.3) is 0 Å². The Morgan fingerprint density at radius 3 is 1.41 bits per heavy atom. The number of fused-ring (bicyclic) bond motifs is 2. The second kappa shape index (κ2) is 9.55. The molecule has 0 amide bonds. The Morgan fingerprint density at radius 2 is 1.00 bits per heavy atom. The first-order valence-corrected chi connectivity index (χ1v) is 10.9. The van der Waals surface area contributed by atoms with Gasteiger partial charge in [-0.15, -0.1) is 0 Å². The summed E-state index contributed by atoms with van der Waals surface area (Å²) in [6.45, 7) is 0. The maximum Gasteiger partial charge on any atom is 0.118 e. The highest BCUT2D eigenvalue weighted by atomic mass is 16.5. The molecule has 0 aliphatic carbocycles. The first-order chi connectivity index (χ1) is 16.7. The van der Waals surface area contributed by atoms with E-state index in [1.807, 2.05) is 85.2 Å². The molecule has 1 heterocycles. The topological polar surface area (TPSA) is 56.1 Å². The first-order valence-electron chi connectivity index (χ1n) is 10.9. The summed E-state index contributed by atoms with van der Waals surface area (Å²) in [5.41, 5.74) is 5.51. The maximum atomic E-state index is 5.20. The predicted molar refractivity (Wildman–Crippen MR) is 140 cm³/mol. The molecule has 0 N–H and O–H groups in total. The van der Waals surface area contributed by atoms with Crippen LogP contribution in [0.3, 0.4) is 0 Å². The lowest BCUT2D eigenvalue weighted by atomic mass is 10.1. The van der Waals surface area contributed by atoms with Crippen LogP contribution < -0.4 is 9.47 Å². The molecule has 0 spiro atoms. The lowest BCUT2D eigenvalue weighted by Crippen LogP contribution is -1.85. The SMILES string of the molecule is COc1ccc(C=Nc2ccc3cc4ccc(N=Cc5ccc(OC)cc5)cc4nc3c2)cc1. The number of aromatic nitrogens is 1. The van der Waals surface area contributed by atoms with Gasteiger partial charge >= 0.3 is 0 Å². The monoisotopic (exact) mass is 445 g/mol. The van der Waals surface area contributed by atoms with Crippen LogP contribution in [0.1, 0.15) is 11.1 Å². The van der Waals surface area contributed by atoms with Gasteiger partial charge in [0.05, 0.1) is 36.6 Å². The van der Waals surface area contributed by atoms with Gasteiger partial charge in [0.15, 0.2) is 0 Å². The molecule has 1 aromatic heterocycles. The van der Waals surface area contributed by atoms with Gasteiger partial charge in [-0.1, -0.05) is 12.1 Å². The number of rotatable bonds is 6. The minimum absolute atomic E-state index is 0.826. The molecule has 0 fully saturated rings. The van der Waals surface area contributed by atoms with E-state index in [0.717, 1.165) is 55.8 Å². The number of pyridine rings is 1. The summed E-state index contributed by atoms with van der Waals surface area (Å²) >= 11 is 0. The molecular weight excluding hydrogens is 422 g/mol. The van der Waals surface area contributed by atoms with E-state index >= 15 is 0 Å². The van der Waals surface area contributed by atoms with Gasteiger partial charge < -0.3 is 9.47 Å². The molecule has 4 aromatic carbocycles. The molecule has 34 heavy (non-hydrogen) atoms. The fourth-order valence-electron chi connectivity index (χ4n) is 3.64. The number of hydrogen-bond donors (Lipinski definition) is 0. The van der Waals surface area contributed by atoms with E-state index in [2.05, 4.69) is 28.2 Å². The second-order valence-corrected chi connectivity index (χ2v) is 7.81. The normalized spacial score (nSPS) is 11.6. The van der Waals surface area contributed by atoms with Crippen molar-refractivity contribution in [1.29, 1.82) is 0 Å². The Bertz CT molecular complexity index is 1390. The largest absolute Gasteiger partial charge is 0.497 e. The van der Waals surface area contributed by atoms with Crippen molar-refractivity contribution in [3.8, 4) is 11.5 Å². The Labute approximate surface area is 198 Å². The molecule has 0 radical (unpaired) electrons. The van der Waals surface area contributed by atoms with Gasteiger partial charge in [0.2, 0.25) is 0 Å². The quantitative estimate of drug-likeness (QED) is 0.211. The standard InChI is InChI=1S/C29H23N3O2/c1-33-26-11-3-20(4-12-26)18-30-24-9-7-22-15-23-8-10-25(17-29(23)32-28(22)16-24)31-19-21-5-13-27(34-2)14-6-21/h3-19H,1-2H3. The molecule has 5 rings (SSSR count). The summed E-state index contributed by atoms with van der Waals surface area (Å²) in [6, 6.07) is 29.8. The minimum Gasteiger partial charge on any atom is -0.497 e. The molecule has 5 heteroatoms. The third kappa shape index (κ3) is 4.79. The summed E-state index contributed by atoms with van der Waals surface area (Å²) in [6.07, 6.45) is 3.68. The lowest BCUT2D eigenvalue weighted by molar-refractivity contribution is 0.414. The molecular formula is C29H23N3O2. The number of benzene rings is 4. The number of hydrogen-bond acceptors (Lipinski definition) is 5. The van der Waals surface area contributed by atoms with Crippen LogP contribution in [0.5, 0.6) is 11.5 Å². The van der Waals surface area contributed by atoms with E-state index in [-0.39, 0.29) is 0 Å². The molecule has 5 aromatic rings. The van der Waals surface area contributed by atoms with E-state index in [1.165, 1.54) is 0 Å². The molecule has 5 nitrogen and oxygen atoms in total. The molecule has 0 atom stereocenters. The molecule has 0 saturated heterocycles. The molecule has 0 saturated carbocycles. The van der Waals surface area contributed by atoms with E-state index in [4.69, 9.17) is 14.5 Å². The lowest BCUT2D eigenvalue weighted by Gasteiger charge is -2.04. The predicted octanol–water partition coefficient (Wildman–Crippen LogP) is 6.91. The van der Waals surface area contributed by atoms with Crippen LogP contribution in [0.4, 0.5) is 11.4 Å². The molecule has 166 valence electrons. The second-order valence-electron chi connectivity index (χ2n) is 7.81. The fourth-order valence-corrected chi connectivity index (χ4v) is 3.64. The van der Waals surface area contributed by atoms with Crippen molar-refractivity contribution in [2.24, 2.45) is 9.98 Å². The Morgan fingerprint density at radius 1 is 0.559 bits per heavy atom. The summed E-state index contributed by atoms with van der Waals surface area (Å²) in [4.78, 5) is 14.1. The number of ether oxygens (including phenoxy) is 2. The zero-order chi connectivity index (χ0) is 23.3. The van der Waals surface area contributed by atoms with Crippen LogP contribution in [-0.4, -0.2) is 31.6 Å². The summed E-state index contributed by atoms with van der Waals surface area (Å²) < 4.78 is 10.4. The zero-order valence-electron chi connectivity index (χ0n) is 19.0. The van der Waals surface area contributed by atoms with Gasteiger partial charge in [0, 0.05) is 23.2 Å². The Hall–Kier alpha value is -4.51. The average molecular weight is 446 g/mol. The maximum absolute atomic E-state index is 5.20. The van der Waals surface area contributed by atoms with Gasteiger partial charge in [0.1, 0.15) is 11.5 Å². The van der Waals surface area contributed by atoms with Gasteiger partial charge in [-0.3, -0.25) is 9.98 Å². The summed E-state index contributed by atoms with van der Waals surface area (Å²) in [5, 5.41) is 2.15. The van der Waals surface area contributed by atoms with Crippen molar-refractivity contribution in [3.63, 3.8) is 0 Å². The van der Waals surface area contributed by atoms with Gasteiger partial charge in [-0.2, -0.15) is 0 Å². The average Bonchev–Trinajstić information content (AvgIpc) is 2.90. The third-order valence-electron chi connectivity index (χ3n) is 5.54. The number of aliphatic imine (C=N–C) groups is 2. The third-order valence-corrected chi connectivity index (χ3v) is 5.54. The molecule has 0 aliphatic rings. The smallest absolute Gasteiger partial charge is 0.118 e. The van der Waals surface area contributed by atoms with E-state index in [0.29, 0.717) is 0 Å². The zero-order valence-corrected chi connectivity index (χ0v) is 19.0. The Balaban J connectivity index is 1.41. The number of nitrogens with zero attached hydrogens (tertiary/aromatic N) is 3. The van der Waals surface area contributed by atoms with Crippen LogP contribution in [0.25, 0.3) is 21.8 Å². The van der Waals surface area contributed by atoms with E-state index in [1.54, 1.807) is 14.2 Å². The van der Waals surface area contributed by atoms with Crippen molar-refractivity contribution in [2.45, 2.75) is 0 Å². The van der Waals surface area contributed by atoms with Crippen LogP contribution in [0.2, 0.25) is 0 Å². The van der Waals surface area contributed by atoms with Crippen molar-refractivity contribution in [1.82, 2.24) is 4.98 Å². The highest BCUT2D eigenvalue weighted by molar-refractivity contribution is 5.95. The molecule has 0 aliphatic heterocycles. The van der Waals surface area contributed by atoms with Crippen LogP contribution in [0.15, 0.2) is 101 Å².